The molecular formula is C40H22N4O3. The summed E-state index contributed by atoms with van der Waals surface area (Å²) in [5.41, 5.74) is 8.06. The standard InChI is InChI=1S/C40H22N4O3/c1-2-9-23(10-3-1)37-42-38(24-17-19-27-26-11-4-6-14-31(26)45-34(27)21-24)44-39(43-37)29-12-8-16-33-36(29)28-20-18-25(22-35(28)46-33)40-41-30-13-5-7-15-32(30)47-40/h1-22H. The fraction of sp³-hybridized carbons (Fsp3) is 0. The molecule has 10 aromatic rings. The van der Waals surface area contributed by atoms with E-state index >= 15 is 0 Å². The third kappa shape index (κ3) is 4.14. The molecule has 220 valence electrons. The molecule has 10 rings (SSSR count). The SMILES string of the molecule is c1ccc(-c2nc(-c3ccc4c(c3)oc3ccccc34)nc(-c3cccc4oc5cc(-c6nc7ccccc7o6)ccc5c34)n2)cc1. The van der Waals surface area contributed by atoms with E-state index in [-0.39, 0.29) is 0 Å². The highest BCUT2D eigenvalue weighted by molar-refractivity contribution is 6.12. The van der Waals surface area contributed by atoms with Crippen molar-refractivity contribution in [2.75, 3.05) is 0 Å². The van der Waals surface area contributed by atoms with Gasteiger partial charge in [0.15, 0.2) is 23.1 Å². The van der Waals surface area contributed by atoms with E-state index in [9.17, 15) is 0 Å². The van der Waals surface area contributed by atoms with Gasteiger partial charge < -0.3 is 13.3 Å². The van der Waals surface area contributed by atoms with E-state index in [4.69, 9.17) is 28.2 Å². The molecule has 7 heteroatoms. The van der Waals surface area contributed by atoms with Gasteiger partial charge in [-0.05, 0) is 54.6 Å². The highest BCUT2D eigenvalue weighted by Crippen LogP contribution is 2.39. The maximum Gasteiger partial charge on any atom is 0.227 e. The molecule has 0 spiro atoms. The summed E-state index contributed by atoms with van der Waals surface area (Å²) in [6.07, 6.45) is 0. The number of aromatic nitrogens is 4. The largest absolute Gasteiger partial charge is 0.456 e. The lowest BCUT2D eigenvalue weighted by molar-refractivity contribution is 0.619. The van der Waals surface area contributed by atoms with Crippen LogP contribution in [0.25, 0.3) is 101 Å². The molecule has 7 nitrogen and oxygen atoms in total. The van der Waals surface area contributed by atoms with E-state index in [1.807, 2.05) is 121 Å². The molecular weight excluding hydrogens is 584 g/mol. The zero-order valence-corrected chi connectivity index (χ0v) is 24.7. The molecule has 4 heterocycles. The van der Waals surface area contributed by atoms with E-state index in [0.29, 0.717) is 23.4 Å². The van der Waals surface area contributed by atoms with Crippen molar-refractivity contribution in [1.29, 1.82) is 0 Å². The number of oxazole rings is 1. The molecule has 0 fully saturated rings. The molecule has 47 heavy (non-hydrogen) atoms. The first kappa shape index (κ1) is 25.7. The van der Waals surface area contributed by atoms with Crippen molar-refractivity contribution in [2.45, 2.75) is 0 Å². The molecule has 4 aromatic heterocycles. The minimum atomic E-state index is 0.546. The molecule has 0 atom stereocenters. The number of hydrogen-bond donors (Lipinski definition) is 0. The molecule has 6 aromatic carbocycles. The smallest absolute Gasteiger partial charge is 0.227 e. The average molecular weight is 607 g/mol. The van der Waals surface area contributed by atoms with Crippen LogP contribution in [-0.4, -0.2) is 19.9 Å². The summed E-state index contributed by atoms with van der Waals surface area (Å²) in [5.74, 6) is 2.23. The Hall–Kier alpha value is -6.60. The number of fused-ring (bicyclic) bond motifs is 7. The van der Waals surface area contributed by atoms with Gasteiger partial charge in [0.25, 0.3) is 0 Å². The van der Waals surface area contributed by atoms with Gasteiger partial charge in [-0.15, -0.1) is 0 Å². The normalized spacial score (nSPS) is 11.8. The Kier molecular flexibility index (Phi) is 5.44. The van der Waals surface area contributed by atoms with Crippen LogP contribution in [0.2, 0.25) is 0 Å². The predicted octanol–water partition coefficient (Wildman–Crippen LogP) is 10.5. The van der Waals surface area contributed by atoms with Crippen LogP contribution in [0.4, 0.5) is 0 Å². The zero-order chi connectivity index (χ0) is 30.9. The molecule has 0 aliphatic carbocycles. The fourth-order valence-corrected chi connectivity index (χ4v) is 6.35. The predicted molar refractivity (Wildman–Crippen MR) is 184 cm³/mol. The maximum atomic E-state index is 6.40. The van der Waals surface area contributed by atoms with Crippen molar-refractivity contribution in [3.05, 3.63) is 133 Å². The summed E-state index contributed by atoms with van der Waals surface area (Å²) in [5, 5.41) is 4.00. The lowest BCUT2D eigenvalue weighted by Gasteiger charge is -2.09. The first-order valence-electron chi connectivity index (χ1n) is 15.3. The van der Waals surface area contributed by atoms with Crippen LogP contribution in [-0.2, 0) is 0 Å². The summed E-state index contributed by atoms with van der Waals surface area (Å²) in [6, 6.07) is 43.9. The Bertz CT molecular complexity index is 2780. The number of benzene rings is 6. The topological polar surface area (TPSA) is 91.0 Å². The molecule has 0 N–H and O–H groups in total. The molecule has 0 unspecified atom stereocenters. The van der Waals surface area contributed by atoms with E-state index in [1.165, 1.54) is 0 Å². The number of rotatable bonds is 4. The molecule has 0 aliphatic heterocycles. The van der Waals surface area contributed by atoms with Gasteiger partial charge in [0.2, 0.25) is 5.89 Å². The van der Waals surface area contributed by atoms with Crippen LogP contribution in [0, 0.1) is 0 Å². The van der Waals surface area contributed by atoms with Crippen molar-refractivity contribution >= 4 is 55.0 Å². The summed E-state index contributed by atoms with van der Waals surface area (Å²) in [4.78, 5) is 19.7. The zero-order valence-electron chi connectivity index (χ0n) is 24.7. The molecule has 0 aliphatic rings. The second-order valence-corrected chi connectivity index (χ2v) is 11.5. The van der Waals surface area contributed by atoms with Gasteiger partial charge in [0.1, 0.15) is 27.8 Å². The van der Waals surface area contributed by atoms with Crippen LogP contribution in [0.5, 0.6) is 0 Å². The van der Waals surface area contributed by atoms with Crippen molar-refractivity contribution in [1.82, 2.24) is 19.9 Å². The van der Waals surface area contributed by atoms with Crippen LogP contribution in [0.3, 0.4) is 0 Å². The number of hydrogen-bond acceptors (Lipinski definition) is 7. The Morgan fingerprint density at radius 3 is 1.89 bits per heavy atom. The Morgan fingerprint density at radius 2 is 1.00 bits per heavy atom. The minimum absolute atomic E-state index is 0.546. The Balaban J connectivity index is 1.16. The van der Waals surface area contributed by atoms with Gasteiger partial charge in [0, 0.05) is 43.8 Å². The number of para-hydroxylation sites is 3. The minimum Gasteiger partial charge on any atom is -0.456 e. The van der Waals surface area contributed by atoms with Crippen LogP contribution in [0.1, 0.15) is 0 Å². The highest BCUT2D eigenvalue weighted by Gasteiger charge is 2.19. The van der Waals surface area contributed by atoms with Gasteiger partial charge in [-0.1, -0.05) is 78.9 Å². The van der Waals surface area contributed by atoms with Crippen molar-refractivity contribution < 1.29 is 13.3 Å². The molecule has 0 radical (unpaired) electrons. The second kappa shape index (κ2) is 9.95. The fourth-order valence-electron chi connectivity index (χ4n) is 6.35. The maximum absolute atomic E-state index is 6.40. The van der Waals surface area contributed by atoms with Gasteiger partial charge >= 0.3 is 0 Å². The molecule has 0 saturated heterocycles. The lowest BCUT2D eigenvalue weighted by atomic mass is 10.0. The van der Waals surface area contributed by atoms with Crippen LogP contribution >= 0.6 is 0 Å². The second-order valence-electron chi connectivity index (χ2n) is 11.5. The van der Waals surface area contributed by atoms with Gasteiger partial charge in [0.05, 0.1) is 0 Å². The quantitative estimate of drug-likeness (QED) is 0.197. The van der Waals surface area contributed by atoms with Gasteiger partial charge in [-0.25, -0.2) is 19.9 Å². The van der Waals surface area contributed by atoms with Crippen molar-refractivity contribution in [3.8, 4) is 45.6 Å². The Morgan fingerprint density at radius 1 is 0.362 bits per heavy atom. The third-order valence-electron chi connectivity index (χ3n) is 8.58. The summed E-state index contributed by atoms with van der Waals surface area (Å²) in [7, 11) is 0. The van der Waals surface area contributed by atoms with Crippen molar-refractivity contribution in [3.63, 3.8) is 0 Å². The molecule has 0 amide bonds. The highest BCUT2D eigenvalue weighted by atomic mass is 16.4. The van der Waals surface area contributed by atoms with E-state index in [0.717, 1.165) is 77.2 Å². The van der Waals surface area contributed by atoms with Gasteiger partial charge in [-0.2, -0.15) is 0 Å². The monoisotopic (exact) mass is 606 g/mol. The van der Waals surface area contributed by atoms with E-state index in [1.54, 1.807) is 0 Å². The summed E-state index contributed by atoms with van der Waals surface area (Å²) < 4.78 is 18.6. The first-order valence-corrected chi connectivity index (χ1v) is 15.3. The lowest BCUT2D eigenvalue weighted by Crippen LogP contribution is -2.00. The summed E-state index contributed by atoms with van der Waals surface area (Å²) in [6.45, 7) is 0. The van der Waals surface area contributed by atoms with E-state index in [2.05, 4.69) is 17.1 Å². The summed E-state index contributed by atoms with van der Waals surface area (Å²) >= 11 is 0. The Labute approximate surface area is 266 Å². The molecule has 0 saturated carbocycles. The van der Waals surface area contributed by atoms with Crippen LogP contribution < -0.4 is 0 Å². The van der Waals surface area contributed by atoms with E-state index < -0.39 is 0 Å². The van der Waals surface area contributed by atoms with Gasteiger partial charge in [-0.3, -0.25) is 0 Å². The van der Waals surface area contributed by atoms with Crippen LogP contribution in [0.15, 0.2) is 147 Å². The number of nitrogens with zero attached hydrogens (tertiary/aromatic N) is 4. The van der Waals surface area contributed by atoms with Crippen molar-refractivity contribution in [2.24, 2.45) is 0 Å². The third-order valence-corrected chi connectivity index (χ3v) is 8.58. The average Bonchev–Trinajstić information content (AvgIpc) is 3.84. The number of furan rings is 2. The molecule has 0 bridgehead atoms. The first-order chi connectivity index (χ1) is 23.2.